The largest absolute Gasteiger partial charge is 0.462 e. The molecule has 362 valence electrons. The molecule has 1 amide bonds. The molecule has 0 fully saturated rings. The number of allylic oxidation sites excluding steroid dienone is 14. The molecule has 6 nitrogen and oxygen atoms in total. The summed E-state index contributed by atoms with van der Waals surface area (Å²) in [7, 11) is 0. The number of carbonyl (C=O) groups is 2. The van der Waals surface area contributed by atoms with Crippen molar-refractivity contribution in [1.29, 1.82) is 0 Å². The number of unbranched alkanes of at least 4 members (excludes halogenated alkanes) is 20. The summed E-state index contributed by atoms with van der Waals surface area (Å²) >= 11 is 0. The van der Waals surface area contributed by atoms with Gasteiger partial charge in [0.1, 0.15) is 6.10 Å². The first-order valence-electron chi connectivity index (χ1n) is 26.3. The van der Waals surface area contributed by atoms with Gasteiger partial charge in [0, 0.05) is 6.42 Å². The summed E-state index contributed by atoms with van der Waals surface area (Å²) in [5, 5.41) is 23.7. The number of ether oxygens (including phenoxy) is 1. The van der Waals surface area contributed by atoms with Crippen molar-refractivity contribution in [3.8, 4) is 0 Å². The van der Waals surface area contributed by atoms with E-state index in [2.05, 4.69) is 111 Å². The fourth-order valence-corrected chi connectivity index (χ4v) is 7.50. The second kappa shape index (κ2) is 50.0. The van der Waals surface area contributed by atoms with Crippen LogP contribution in [0.1, 0.15) is 239 Å². The molecule has 0 aliphatic heterocycles. The van der Waals surface area contributed by atoms with Gasteiger partial charge in [0.05, 0.1) is 25.2 Å². The lowest BCUT2D eigenvalue weighted by Gasteiger charge is -2.24. The van der Waals surface area contributed by atoms with Crippen LogP contribution in [0, 0.1) is 0 Å². The van der Waals surface area contributed by atoms with Crippen LogP contribution in [-0.2, 0) is 14.3 Å². The summed E-state index contributed by atoms with van der Waals surface area (Å²) in [6.07, 6.45) is 65.0. The number of aliphatic hydroxyl groups is 2. The molecule has 0 aromatic rings. The zero-order chi connectivity index (χ0) is 45.9. The fraction of sp³-hybridized carbons (Fsp3) is 0.719. The number of hydrogen-bond donors (Lipinski definition) is 3. The lowest BCUT2D eigenvalue weighted by Crippen LogP contribution is -2.46. The Morgan fingerprint density at radius 1 is 0.476 bits per heavy atom. The number of amides is 1. The van der Waals surface area contributed by atoms with E-state index in [9.17, 15) is 19.8 Å². The quantitative estimate of drug-likeness (QED) is 0.0322. The van der Waals surface area contributed by atoms with E-state index in [1.807, 2.05) is 0 Å². The number of rotatable bonds is 46. The van der Waals surface area contributed by atoms with Crippen molar-refractivity contribution in [2.45, 2.75) is 257 Å². The molecule has 0 heterocycles. The van der Waals surface area contributed by atoms with Gasteiger partial charge in [-0.2, -0.15) is 0 Å². The first-order valence-corrected chi connectivity index (χ1v) is 26.3. The molecule has 0 bridgehead atoms. The highest BCUT2D eigenvalue weighted by atomic mass is 16.5. The normalized spacial score (nSPS) is 13.9. The number of nitrogens with one attached hydrogen (secondary N) is 1. The van der Waals surface area contributed by atoms with Crippen molar-refractivity contribution in [3.05, 3.63) is 85.1 Å². The van der Waals surface area contributed by atoms with Gasteiger partial charge in [-0.25, -0.2) is 0 Å². The molecule has 6 heteroatoms. The standard InChI is InChI=1S/C57H99NO5/c1-4-7-10-13-16-19-22-24-26-28-30-32-34-36-39-42-45-48-53(51-56(61)58-54(52-59)55(60)49-46-43-40-37-21-18-15-12-9-6-3)63-57(62)50-47-44-41-38-35-33-31-29-27-25-23-20-17-14-11-8-5-2/h8,11,16-17,19-20,24-27,31,33,38,41,53-55,59-60H,4-7,9-10,12-15,18,21-23,28-30,32,34-37,39-40,42-52H2,1-3H3,(H,58,61)/b11-8-,19-16-,20-17-,26-24-,27-25-,33-31-,41-38-. The van der Waals surface area contributed by atoms with Gasteiger partial charge in [0.2, 0.25) is 5.91 Å². The summed E-state index contributed by atoms with van der Waals surface area (Å²) < 4.78 is 5.91. The average Bonchev–Trinajstić information content (AvgIpc) is 3.28. The molecule has 0 aliphatic carbocycles. The van der Waals surface area contributed by atoms with E-state index in [1.54, 1.807) is 0 Å². The molecule has 0 rings (SSSR count). The Morgan fingerprint density at radius 2 is 0.857 bits per heavy atom. The molecule has 0 aromatic carbocycles. The highest BCUT2D eigenvalue weighted by Crippen LogP contribution is 2.17. The van der Waals surface area contributed by atoms with E-state index in [0.717, 1.165) is 89.9 Å². The van der Waals surface area contributed by atoms with Crippen molar-refractivity contribution in [2.24, 2.45) is 0 Å². The van der Waals surface area contributed by atoms with Crippen molar-refractivity contribution in [1.82, 2.24) is 5.32 Å². The van der Waals surface area contributed by atoms with Crippen LogP contribution in [0.25, 0.3) is 0 Å². The van der Waals surface area contributed by atoms with Crippen molar-refractivity contribution < 1.29 is 24.5 Å². The van der Waals surface area contributed by atoms with Crippen LogP contribution in [0.3, 0.4) is 0 Å². The molecule has 0 aliphatic rings. The molecule has 3 unspecified atom stereocenters. The van der Waals surface area contributed by atoms with E-state index in [1.165, 1.54) is 96.3 Å². The topological polar surface area (TPSA) is 95.9 Å². The van der Waals surface area contributed by atoms with Crippen LogP contribution in [0.15, 0.2) is 85.1 Å². The van der Waals surface area contributed by atoms with E-state index in [-0.39, 0.29) is 24.9 Å². The van der Waals surface area contributed by atoms with Gasteiger partial charge in [-0.1, -0.05) is 215 Å². The zero-order valence-corrected chi connectivity index (χ0v) is 41.2. The number of hydrogen-bond acceptors (Lipinski definition) is 5. The SMILES string of the molecule is CC/C=C\C/C=C\C/C=C\C/C=C\C/C=C\CCCC(=O)OC(CCCCCCCCC/C=C\C/C=C\CCCCC)CC(=O)NC(CO)C(O)CCCCCCCCCCCC. The average molecular weight is 878 g/mol. The van der Waals surface area contributed by atoms with Gasteiger partial charge in [0.15, 0.2) is 0 Å². The summed E-state index contributed by atoms with van der Waals surface area (Å²) in [6, 6.07) is -0.719. The molecule has 0 saturated heterocycles. The maximum atomic E-state index is 13.2. The predicted molar refractivity (Wildman–Crippen MR) is 273 cm³/mol. The molecule has 0 aromatic heterocycles. The molecule has 63 heavy (non-hydrogen) atoms. The van der Waals surface area contributed by atoms with Crippen LogP contribution in [0.2, 0.25) is 0 Å². The first-order chi connectivity index (χ1) is 31.0. The lowest BCUT2D eigenvalue weighted by molar-refractivity contribution is -0.151. The first kappa shape index (κ1) is 60.0. The van der Waals surface area contributed by atoms with Crippen LogP contribution >= 0.6 is 0 Å². The Balaban J connectivity index is 4.70. The van der Waals surface area contributed by atoms with Gasteiger partial charge in [0.25, 0.3) is 0 Å². The van der Waals surface area contributed by atoms with Crippen LogP contribution in [0.5, 0.6) is 0 Å². The van der Waals surface area contributed by atoms with E-state index >= 15 is 0 Å². The fourth-order valence-electron chi connectivity index (χ4n) is 7.50. The Labute approximate surface area is 389 Å². The molecular weight excluding hydrogens is 779 g/mol. The number of esters is 1. The maximum Gasteiger partial charge on any atom is 0.306 e. The molecule has 3 N–H and O–H groups in total. The summed E-state index contributed by atoms with van der Waals surface area (Å²) in [4.78, 5) is 26.1. The van der Waals surface area contributed by atoms with Gasteiger partial charge in [-0.05, 0) is 96.3 Å². The van der Waals surface area contributed by atoms with E-state index in [4.69, 9.17) is 4.74 Å². The van der Waals surface area contributed by atoms with Crippen molar-refractivity contribution in [3.63, 3.8) is 0 Å². The number of carbonyl (C=O) groups excluding carboxylic acids is 2. The molecule has 0 spiro atoms. The monoisotopic (exact) mass is 878 g/mol. The minimum atomic E-state index is -0.803. The van der Waals surface area contributed by atoms with Crippen LogP contribution < -0.4 is 5.32 Å². The lowest BCUT2D eigenvalue weighted by atomic mass is 10.0. The number of aliphatic hydroxyl groups excluding tert-OH is 2. The third-order valence-electron chi connectivity index (χ3n) is 11.5. The van der Waals surface area contributed by atoms with E-state index in [0.29, 0.717) is 25.7 Å². The van der Waals surface area contributed by atoms with Gasteiger partial charge < -0.3 is 20.3 Å². The second-order valence-electron chi connectivity index (χ2n) is 17.5. The summed E-state index contributed by atoms with van der Waals surface area (Å²) in [6.45, 7) is 6.32. The third kappa shape index (κ3) is 45.4. The van der Waals surface area contributed by atoms with Crippen molar-refractivity contribution >= 4 is 11.9 Å². The second-order valence-corrected chi connectivity index (χ2v) is 17.5. The molecule has 0 saturated carbocycles. The summed E-state index contributed by atoms with van der Waals surface area (Å²) in [5.41, 5.74) is 0. The van der Waals surface area contributed by atoms with Gasteiger partial charge >= 0.3 is 5.97 Å². The Hall–Kier alpha value is -2.96. The Kier molecular flexibility index (Phi) is 47.7. The van der Waals surface area contributed by atoms with Crippen LogP contribution in [-0.4, -0.2) is 46.9 Å². The maximum absolute atomic E-state index is 13.2. The minimum Gasteiger partial charge on any atom is -0.462 e. The van der Waals surface area contributed by atoms with Crippen LogP contribution in [0.4, 0.5) is 0 Å². The van der Waals surface area contributed by atoms with Gasteiger partial charge in [-0.15, -0.1) is 0 Å². The Bertz CT molecular complexity index is 1210. The predicted octanol–water partition coefficient (Wildman–Crippen LogP) is 16.0. The van der Waals surface area contributed by atoms with E-state index < -0.39 is 18.2 Å². The molecule has 3 atom stereocenters. The third-order valence-corrected chi connectivity index (χ3v) is 11.5. The zero-order valence-electron chi connectivity index (χ0n) is 41.2. The minimum absolute atomic E-state index is 0.0458. The molecule has 0 radical (unpaired) electrons. The highest BCUT2D eigenvalue weighted by Gasteiger charge is 2.24. The summed E-state index contributed by atoms with van der Waals surface area (Å²) in [5.74, 6) is -0.554. The Morgan fingerprint density at radius 3 is 1.33 bits per heavy atom. The molecular formula is C57H99NO5. The van der Waals surface area contributed by atoms with Crippen molar-refractivity contribution in [2.75, 3.05) is 6.61 Å². The smallest absolute Gasteiger partial charge is 0.306 e. The van der Waals surface area contributed by atoms with Gasteiger partial charge in [-0.3, -0.25) is 9.59 Å². The highest BCUT2D eigenvalue weighted by molar-refractivity contribution is 5.77.